The van der Waals surface area contributed by atoms with Gasteiger partial charge in [-0.2, -0.15) is 0 Å². The summed E-state index contributed by atoms with van der Waals surface area (Å²) in [6.45, 7) is 1.28. The van der Waals surface area contributed by atoms with E-state index >= 15 is 0 Å². The number of carboxylic acids is 1. The molecule has 7 nitrogen and oxygen atoms in total. The maximum Gasteiger partial charge on any atom is 0.344 e. The molecule has 1 fully saturated rings. The van der Waals surface area contributed by atoms with Crippen molar-refractivity contribution >= 4 is 23.5 Å². The minimum atomic E-state index is -1.22. The number of hydrogen-bond donors (Lipinski definition) is 3. The molecule has 1 aliphatic carbocycles. The van der Waals surface area contributed by atoms with Crippen LogP contribution in [0.15, 0.2) is 18.2 Å². The molecule has 0 radical (unpaired) electrons. The summed E-state index contributed by atoms with van der Waals surface area (Å²) in [5.74, 6) is -3.10. The van der Waals surface area contributed by atoms with E-state index in [0.29, 0.717) is 12.8 Å². The van der Waals surface area contributed by atoms with Gasteiger partial charge in [0.25, 0.3) is 0 Å². The summed E-state index contributed by atoms with van der Waals surface area (Å²) < 4.78 is 19.0. The fourth-order valence-corrected chi connectivity index (χ4v) is 2.49. The average Bonchev–Trinajstić information content (AvgIpc) is 2.48. The quantitative estimate of drug-likeness (QED) is 0.682. The lowest BCUT2D eigenvalue weighted by Gasteiger charge is -2.38. The Morgan fingerprint density at radius 2 is 1.96 bits per heavy atom. The number of halogens is 1. The molecule has 130 valence electrons. The van der Waals surface area contributed by atoms with Gasteiger partial charge < -0.3 is 20.5 Å². The molecule has 0 aromatic heterocycles. The number of nitrogens with one attached hydrogen (secondary N) is 2. The normalized spacial score (nSPS) is 16.5. The smallest absolute Gasteiger partial charge is 0.344 e. The van der Waals surface area contributed by atoms with E-state index in [0.717, 1.165) is 12.5 Å². The molecule has 0 bridgehead atoms. The Labute approximate surface area is 138 Å². The van der Waals surface area contributed by atoms with Crippen LogP contribution in [0.2, 0.25) is 0 Å². The molecule has 1 aromatic rings. The minimum absolute atomic E-state index is 0.169. The zero-order valence-electron chi connectivity index (χ0n) is 13.4. The molecule has 0 spiro atoms. The highest BCUT2D eigenvalue weighted by atomic mass is 19.1. The second-order valence-electron chi connectivity index (χ2n) is 5.71. The Hall–Kier alpha value is -2.64. The molecule has 1 saturated carbocycles. The largest absolute Gasteiger partial charge is 0.479 e. The van der Waals surface area contributed by atoms with Crippen molar-refractivity contribution in [3.05, 3.63) is 24.0 Å². The van der Waals surface area contributed by atoms with Gasteiger partial charge in [0.2, 0.25) is 11.8 Å². The monoisotopic (exact) mass is 338 g/mol. The second kappa shape index (κ2) is 6.86. The summed E-state index contributed by atoms with van der Waals surface area (Å²) in [7, 11) is 1.46. The SMILES string of the molecule is CNC(=O)C1(C(=O)Nc2ccc(OC(C)C(=O)O)c(F)c2)CCC1. The standard InChI is InChI=1S/C16H19FN2O5/c1-9(13(20)21)24-12-5-4-10(8-11(12)17)19-15(23)16(6-3-7-16)14(22)18-2/h4-5,8-9H,3,6-7H2,1-2H3,(H,18,22)(H,19,23)(H,20,21). The van der Waals surface area contributed by atoms with Crippen LogP contribution in [-0.2, 0) is 14.4 Å². The number of aliphatic carboxylic acids is 1. The molecule has 2 rings (SSSR count). The lowest BCUT2D eigenvalue weighted by Crippen LogP contribution is -2.52. The summed E-state index contributed by atoms with van der Waals surface area (Å²) >= 11 is 0. The lowest BCUT2D eigenvalue weighted by atomic mass is 9.67. The van der Waals surface area contributed by atoms with E-state index in [1.165, 1.54) is 26.1 Å². The minimum Gasteiger partial charge on any atom is -0.479 e. The van der Waals surface area contributed by atoms with Crippen molar-refractivity contribution < 1.29 is 28.6 Å². The lowest BCUT2D eigenvalue weighted by molar-refractivity contribution is -0.146. The van der Waals surface area contributed by atoms with E-state index in [9.17, 15) is 18.8 Å². The molecular weight excluding hydrogens is 319 g/mol. The van der Waals surface area contributed by atoms with Crippen LogP contribution in [0.3, 0.4) is 0 Å². The molecule has 8 heteroatoms. The van der Waals surface area contributed by atoms with E-state index in [4.69, 9.17) is 9.84 Å². The summed E-state index contributed by atoms with van der Waals surface area (Å²) in [6, 6.07) is 3.65. The highest BCUT2D eigenvalue weighted by Gasteiger charge is 2.50. The maximum atomic E-state index is 14.0. The Balaban J connectivity index is 2.11. The summed E-state index contributed by atoms with van der Waals surface area (Å²) in [5, 5.41) is 13.8. The molecule has 0 saturated heterocycles. The highest BCUT2D eigenvalue weighted by molar-refractivity contribution is 6.11. The maximum absolute atomic E-state index is 14.0. The molecule has 1 atom stereocenters. The van der Waals surface area contributed by atoms with Crippen molar-refractivity contribution in [2.45, 2.75) is 32.3 Å². The van der Waals surface area contributed by atoms with Crippen LogP contribution in [-0.4, -0.2) is 36.0 Å². The summed E-state index contributed by atoms with van der Waals surface area (Å²) in [5.41, 5.74) is -0.943. The number of carbonyl (C=O) groups is 3. The molecule has 0 heterocycles. The number of hydrogen-bond acceptors (Lipinski definition) is 4. The number of rotatable bonds is 6. The molecule has 1 aromatic carbocycles. The van der Waals surface area contributed by atoms with Crippen LogP contribution < -0.4 is 15.4 Å². The van der Waals surface area contributed by atoms with Crippen molar-refractivity contribution in [2.75, 3.05) is 12.4 Å². The third kappa shape index (κ3) is 3.32. The zero-order valence-corrected chi connectivity index (χ0v) is 13.4. The van der Waals surface area contributed by atoms with Gasteiger partial charge in [-0.05, 0) is 31.9 Å². The van der Waals surface area contributed by atoms with Crippen LogP contribution in [0.1, 0.15) is 26.2 Å². The topological polar surface area (TPSA) is 105 Å². The third-order valence-electron chi connectivity index (χ3n) is 4.14. The molecule has 0 aliphatic heterocycles. The number of carbonyl (C=O) groups excluding carboxylic acids is 2. The number of benzene rings is 1. The molecular formula is C16H19FN2O5. The van der Waals surface area contributed by atoms with Crippen molar-refractivity contribution in [1.29, 1.82) is 0 Å². The zero-order chi connectivity index (χ0) is 17.9. The van der Waals surface area contributed by atoms with Crippen LogP contribution in [0.4, 0.5) is 10.1 Å². The fraction of sp³-hybridized carbons (Fsp3) is 0.438. The van der Waals surface area contributed by atoms with E-state index < -0.39 is 29.2 Å². The summed E-state index contributed by atoms with van der Waals surface area (Å²) in [6.07, 6.45) is 0.456. The number of anilines is 1. The van der Waals surface area contributed by atoms with Crippen LogP contribution >= 0.6 is 0 Å². The van der Waals surface area contributed by atoms with Gasteiger partial charge in [-0.3, -0.25) is 9.59 Å². The molecule has 24 heavy (non-hydrogen) atoms. The fourth-order valence-electron chi connectivity index (χ4n) is 2.49. The third-order valence-corrected chi connectivity index (χ3v) is 4.14. The van der Waals surface area contributed by atoms with Gasteiger partial charge in [-0.25, -0.2) is 9.18 Å². The predicted molar refractivity (Wildman–Crippen MR) is 83.1 cm³/mol. The van der Waals surface area contributed by atoms with Gasteiger partial charge in [-0.15, -0.1) is 0 Å². The number of carboxylic acid groups (broad SMARTS) is 1. The van der Waals surface area contributed by atoms with Gasteiger partial charge in [0, 0.05) is 18.8 Å². The van der Waals surface area contributed by atoms with E-state index in [1.807, 2.05) is 0 Å². The van der Waals surface area contributed by atoms with Crippen LogP contribution in [0.5, 0.6) is 5.75 Å². The summed E-state index contributed by atoms with van der Waals surface area (Å²) in [4.78, 5) is 35.0. The van der Waals surface area contributed by atoms with Crippen LogP contribution in [0, 0.1) is 11.2 Å². The average molecular weight is 338 g/mol. The van der Waals surface area contributed by atoms with Crippen molar-refractivity contribution in [1.82, 2.24) is 5.32 Å². The Morgan fingerprint density at radius 3 is 2.42 bits per heavy atom. The first-order valence-corrected chi connectivity index (χ1v) is 7.53. The van der Waals surface area contributed by atoms with Crippen molar-refractivity contribution in [3.8, 4) is 5.75 Å². The first-order valence-electron chi connectivity index (χ1n) is 7.53. The number of ether oxygens (including phenoxy) is 1. The Morgan fingerprint density at radius 1 is 1.29 bits per heavy atom. The van der Waals surface area contributed by atoms with E-state index in [1.54, 1.807) is 0 Å². The van der Waals surface area contributed by atoms with Crippen molar-refractivity contribution in [2.24, 2.45) is 5.41 Å². The van der Waals surface area contributed by atoms with Crippen molar-refractivity contribution in [3.63, 3.8) is 0 Å². The van der Waals surface area contributed by atoms with E-state index in [-0.39, 0.29) is 17.3 Å². The predicted octanol–water partition coefficient (Wildman–Crippen LogP) is 1.53. The van der Waals surface area contributed by atoms with Gasteiger partial charge in [0.05, 0.1) is 0 Å². The van der Waals surface area contributed by atoms with Crippen LogP contribution in [0.25, 0.3) is 0 Å². The molecule has 2 amide bonds. The first-order chi connectivity index (χ1) is 11.3. The van der Waals surface area contributed by atoms with Gasteiger partial charge in [0.15, 0.2) is 17.7 Å². The molecule has 1 unspecified atom stereocenters. The molecule has 3 N–H and O–H groups in total. The van der Waals surface area contributed by atoms with Gasteiger partial charge in [-0.1, -0.05) is 6.42 Å². The van der Waals surface area contributed by atoms with E-state index in [2.05, 4.69) is 10.6 Å². The highest BCUT2D eigenvalue weighted by Crippen LogP contribution is 2.42. The first kappa shape index (κ1) is 17.7. The Bertz CT molecular complexity index is 672. The van der Waals surface area contributed by atoms with Gasteiger partial charge >= 0.3 is 5.97 Å². The molecule has 1 aliphatic rings. The number of amides is 2. The Kier molecular flexibility index (Phi) is 5.06. The van der Waals surface area contributed by atoms with Gasteiger partial charge in [0.1, 0.15) is 5.41 Å². The second-order valence-corrected chi connectivity index (χ2v) is 5.71.